The lowest BCUT2D eigenvalue weighted by atomic mass is 10.1. The molecule has 2 rings (SSSR count). The zero-order chi connectivity index (χ0) is 20.7. The summed E-state index contributed by atoms with van der Waals surface area (Å²) in [5.41, 5.74) is 3.93. The number of methoxy groups -OCH3 is 1. The van der Waals surface area contributed by atoms with E-state index in [4.69, 9.17) is 9.47 Å². The number of nitrogens with zero attached hydrogens (tertiary/aromatic N) is 1. The molecule has 0 bridgehead atoms. The minimum Gasteiger partial charge on any atom is -0.493 e. The van der Waals surface area contributed by atoms with Crippen LogP contribution in [0.1, 0.15) is 36.7 Å². The molecule has 8 heteroatoms. The SMILES string of the molecule is COc1cc(/C(C)=N\NC(=O)c2ccc(OC(C)C)cc2)ccc1OC(F)F. The van der Waals surface area contributed by atoms with Gasteiger partial charge in [0, 0.05) is 11.1 Å². The second-order valence-corrected chi connectivity index (χ2v) is 6.07. The van der Waals surface area contributed by atoms with E-state index in [0.29, 0.717) is 22.6 Å². The number of halogens is 2. The highest BCUT2D eigenvalue weighted by atomic mass is 19.3. The molecular formula is C20H22F2N2O4. The summed E-state index contributed by atoms with van der Waals surface area (Å²) in [6.45, 7) is 2.55. The number of carbonyl (C=O) groups is 1. The van der Waals surface area contributed by atoms with Gasteiger partial charge < -0.3 is 14.2 Å². The Balaban J connectivity index is 2.07. The van der Waals surface area contributed by atoms with Gasteiger partial charge in [-0.3, -0.25) is 4.79 Å². The molecule has 0 aliphatic carbocycles. The van der Waals surface area contributed by atoms with Gasteiger partial charge in [-0.15, -0.1) is 0 Å². The van der Waals surface area contributed by atoms with Gasteiger partial charge in [0.15, 0.2) is 11.5 Å². The minimum atomic E-state index is -2.95. The first-order valence-electron chi connectivity index (χ1n) is 8.54. The molecule has 28 heavy (non-hydrogen) atoms. The smallest absolute Gasteiger partial charge is 0.387 e. The molecule has 0 heterocycles. The lowest BCUT2D eigenvalue weighted by Gasteiger charge is -2.11. The number of amides is 1. The highest BCUT2D eigenvalue weighted by Crippen LogP contribution is 2.29. The Morgan fingerprint density at radius 2 is 1.64 bits per heavy atom. The fourth-order valence-electron chi connectivity index (χ4n) is 2.31. The van der Waals surface area contributed by atoms with Crippen molar-refractivity contribution >= 4 is 11.6 Å². The summed E-state index contributed by atoms with van der Waals surface area (Å²) in [5.74, 6) is 0.339. The number of alkyl halides is 2. The van der Waals surface area contributed by atoms with Crippen molar-refractivity contribution in [2.75, 3.05) is 7.11 Å². The molecule has 0 aliphatic rings. The first-order valence-corrected chi connectivity index (χ1v) is 8.54. The van der Waals surface area contributed by atoms with Crippen LogP contribution < -0.4 is 19.6 Å². The number of carbonyl (C=O) groups excluding carboxylic acids is 1. The third-order valence-electron chi connectivity index (χ3n) is 3.61. The van der Waals surface area contributed by atoms with Crippen LogP contribution in [0.2, 0.25) is 0 Å². The van der Waals surface area contributed by atoms with E-state index in [0.717, 1.165) is 0 Å². The van der Waals surface area contributed by atoms with Crippen molar-refractivity contribution in [3.63, 3.8) is 0 Å². The average molecular weight is 392 g/mol. The highest BCUT2D eigenvalue weighted by molar-refractivity contribution is 6.01. The summed E-state index contributed by atoms with van der Waals surface area (Å²) in [6.07, 6.45) is 0.0430. The molecule has 0 spiro atoms. The fourth-order valence-corrected chi connectivity index (χ4v) is 2.31. The van der Waals surface area contributed by atoms with Crippen LogP contribution in [0.25, 0.3) is 0 Å². The molecule has 6 nitrogen and oxygen atoms in total. The van der Waals surface area contributed by atoms with E-state index in [9.17, 15) is 13.6 Å². The van der Waals surface area contributed by atoms with Crippen molar-refractivity contribution in [1.82, 2.24) is 5.43 Å². The minimum absolute atomic E-state index is 0.0430. The predicted octanol–water partition coefficient (Wildman–Crippen LogP) is 4.24. The summed E-state index contributed by atoms with van der Waals surface area (Å²) in [6, 6.07) is 11.1. The van der Waals surface area contributed by atoms with Crippen LogP contribution in [0, 0.1) is 0 Å². The maximum absolute atomic E-state index is 12.4. The van der Waals surface area contributed by atoms with Crippen LogP contribution in [0.3, 0.4) is 0 Å². The van der Waals surface area contributed by atoms with Crippen LogP contribution in [-0.2, 0) is 0 Å². The van der Waals surface area contributed by atoms with E-state index in [1.165, 1.54) is 19.2 Å². The van der Waals surface area contributed by atoms with Gasteiger partial charge in [0.25, 0.3) is 5.91 Å². The number of nitrogens with one attached hydrogen (secondary N) is 1. The fraction of sp³-hybridized carbons (Fsp3) is 0.300. The van der Waals surface area contributed by atoms with Gasteiger partial charge in [-0.2, -0.15) is 13.9 Å². The Hall–Kier alpha value is -3.16. The summed E-state index contributed by atoms with van der Waals surface area (Å²) in [4.78, 5) is 12.2. The maximum atomic E-state index is 12.4. The summed E-state index contributed by atoms with van der Waals surface area (Å²) < 4.78 is 39.8. The number of hydrogen-bond donors (Lipinski definition) is 1. The predicted molar refractivity (Wildman–Crippen MR) is 102 cm³/mol. The van der Waals surface area contributed by atoms with Gasteiger partial charge in [0.05, 0.1) is 18.9 Å². The average Bonchev–Trinajstić information content (AvgIpc) is 2.65. The van der Waals surface area contributed by atoms with E-state index < -0.39 is 6.61 Å². The molecule has 0 unspecified atom stereocenters. The third-order valence-corrected chi connectivity index (χ3v) is 3.61. The zero-order valence-corrected chi connectivity index (χ0v) is 16.0. The monoisotopic (exact) mass is 392 g/mol. The Morgan fingerprint density at radius 3 is 2.21 bits per heavy atom. The molecule has 0 radical (unpaired) electrons. The van der Waals surface area contributed by atoms with E-state index >= 15 is 0 Å². The molecule has 0 saturated carbocycles. The van der Waals surface area contributed by atoms with Crippen molar-refractivity contribution in [2.45, 2.75) is 33.5 Å². The lowest BCUT2D eigenvalue weighted by molar-refractivity contribution is -0.0512. The summed E-state index contributed by atoms with van der Waals surface area (Å²) in [7, 11) is 1.35. The topological polar surface area (TPSA) is 69.2 Å². The molecule has 0 fully saturated rings. The Bertz CT molecular complexity index is 837. The van der Waals surface area contributed by atoms with Crippen molar-refractivity contribution in [2.24, 2.45) is 5.10 Å². The maximum Gasteiger partial charge on any atom is 0.387 e. The van der Waals surface area contributed by atoms with Crippen molar-refractivity contribution < 1.29 is 27.8 Å². The molecule has 0 atom stereocenters. The van der Waals surface area contributed by atoms with Crippen LogP contribution in [-0.4, -0.2) is 31.4 Å². The van der Waals surface area contributed by atoms with Gasteiger partial charge in [-0.1, -0.05) is 0 Å². The normalized spacial score (nSPS) is 11.5. The highest BCUT2D eigenvalue weighted by Gasteiger charge is 2.12. The second kappa shape index (κ2) is 9.68. The van der Waals surface area contributed by atoms with Gasteiger partial charge in [0.1, 0.15) is 5.75 Å². The molecular weight excluding hydrogens is 370 g/mol. The Morgan fingerprint density at radius 1 is 1.00 bits per heavy atom. The van der Waals surface area contributed by atoms with Crippen molar-refractivity contribution in [3.05, 3.63) is 53.6 Å². The van der Waals surface area contributed by atoms with E-state index in [-0.39, 0.29) is 23.5 Å². The molecule has 1 amide bonds. The molecule has 1 N–H and O–H groups in total. The van der Waals surface area contributed by atoms with Gasteiger partial charge >= 0.3 is 6.61 Å². The van der Waals surface area contributed by atoms with Gasteiger partial charge in [0.2, 0.25) is 0 Å². The molecule has 0 saturated heterocycles. The standard InChI is InChI=1S/C20H22F2N2O4/c1-12(2)27-16-8-5-14(6-9-16)19(25)24-23-13(3)15-7-10-17(28-20(21)22)18(11-15)26-4/h5-12,20H,1-4H3,(H,24,25)/b23-13-. The van der Waals surface area contributed by atoms with E-state index in [2.05, 4.69) is 15.3 Å². The zero-order valence-electron chi connectivity index (χ0n) is 16.0. The number of ether oxygens (including phenoxy) is 3. The lowest BCUT2D eigenvalue weighted by Crippen LogP contribution is -2.19. The third kappa shape index (κ3) is 5.94. The molecule has 0 aliphatic heterocycles. The Labute approximate surface area is 162 Å². The quantitative estimate of drug-likeness (QED) is 0.539. The number of benzene rings is 2. The molecule has 2 aromatic carbocycles. The van der Waals surface area contributed by atoms with E-state index in [1.54, 1.807) is 37.3 Å². The van der Waals surface area contributed by atoms with Crippen LogP contribution >= 0.6 is 0 Å². The Kier molecular flexibility index (Phi) is 7.31. The largest absolute Gasteiger partial charge is 0.493 e. The first-order chi connectivity index (χ1) is 13.3. The van der Waals surface area contributed by atoms with Crippen molar-refractivity contribution in [1.29, 1.82) is 0 Å². The van der Waals surface area contributed by atoms with Crippen LogP contribution in [0.4, 0.5) is 8.78 Å². The number of hydrogen-bond acceptors (Lipinski definition) is 5. The van der Waals surface area contributed by atoms with Crippen LogP contribution in [0.15, 0.2) is 47.6 Å². The van der Waals surface area contributed by atoms with E-state index in [1.807, 2.05) is 13.8 Å². The first kappa shape index (κ1) is 21.1. The van der Waals surface area contributed by atoms with Gasteiger partial charge in [-0.05, 0) is 63.2 Å². The van der Waals surface area contributed by atoms with Crippen LogP contribution in [0.5, 0.6) is 17.2 Å². The summed E-state index contributed by atoms with van der Waals surface area (Å²) >= 11 is 0. The molecule has 0 aromatic heterocycles. The summed E-state index contributed by atoms with van der Waals surface area (Å²) in [5, 5.41) is 4.05. The number of hydrazone groups is 1. The van der Waals surface area contributed by atoms with Crippen molar-refractivity contribution in [3.8, 4) is 17.2 Å². The molecule has 150 valence electrons. The molecule has 2 aromatic rings. The van der Waals surface area contributed by atoms with Gasteiger partial charge in [-0.25, -0.2) is 5.43 Å². The second-order valence-electron chi connectivity index (χ2n) is 6.07. The number of rotatable bonds is 8.